The van der Waals surface area contributed by atoms with Crippen LogP contribution in [0.1, 0.15) is 11.4 Å². The van der Waals surface area contributed by atoms with E-state index in [9.17, 15) is 23.1 Å². The number of nitrogens with zero attached hydrogens (tertiary/aromatic N) is 2. The van der Waals surface area contributed by atoms with E-state index in [1.165, 1.54) is 12.1 Å². The van der Waals surface area contributed by atoms with Crippen LogP contribution >= 0.6 is 11.3 Å². The fourth-order valence-corrected chi connectivity index (χ4v) is 2.65. The molecule has 1 aromatic carbocycles. The summed E-state index contributed by atoms with van der Waals surface area (Å²) in [4.78, 5) is 15.4. The molecule has 1 heterocycles. The van der Waals surface area contributed by atoms with Gasteiger partial charge in [0, 0.05) is 4.70 Å². The summed E-state index contributed by atoms with van der Waals surface area (Å²) in [5, 5.41) is 18.5. The Kier molecular flexibility index (Phi) is 3.95. The monoisotopic (exact) mass is 312 g/mol. The van der Waals surface area contributed by atoms with Gasteiger partial charge in [0.15, 0.2) is 0 Å². The van der Waals surface area contributed by atoms with Gasteiger partial charge >= 0.3 is 6.18 Å². The van der Waals surface area contributed by atoms with Crippen LogP contribution in [0.15, 0.2) is 34.8 Å². The van der Waals surface area contributed by atoms with Gasteiger partial charge in [-0.25, -0.2) is 0 Å². The van der Waals surface area contributed by atoms with Crippen LogP contribution in [0.4, 0.5) is 13.2 Å². The minimum Gasteiger partial charge on any atom is -0.510 e. The molecule has 8 heteroatoms. The van der Waals surface area contributed by atoms with E-state index in [-0.39, 0.29) is 5.01 Å². The normalized spacial score (nSPS) is 12.9. The van der Waals surface area contributed by atoms with Gasteiger partial charge in [-0.2, -0.15) is 23.4 Å². The number of nitriles is 1. The van der Waals surface area contributed by atoms with Crippen LogP contribution in [0.3, 0.4) is 0 Å². The van der Waals surface area contributed by atoms with Gasteiger partial charge in [0.2, 0.25) is 0 Å². The van der Waals surface area contributed by atoms with Crippen molar-refractivity contribution in [2.24, 2.45) is 0 Å². The average Bonchev–Trinajstić information content (AvgIpc) is 2.37. The number of fused-ring (bicyclic) bond motifs is 1. The van der Waals surface area contributed by atoms with Crippen LogP contribution in [-0.2, 0) is 0 Å². The standard InChI is InChI=1S/C13H7F3N2O2S/c14-13(15,16)5-9(19)8(6-17)12-18-11(20)7-3-1-2-4-10(7)21-12/h1-4,19H,5H2. The van der Waals surface area contributed by atoms with E-state index in [2.05, 4.69) is 4.98 Å². The van der Waals surface area contributed by atoms with Crippen LogP contribution in [0, 0.1) is 11.3 Å². The lowest BCUT2D eigenvalue weighted by Crippen LogP contribution is -2.11. The quantitative estimate of drug-likeness (QED) is 0.681. The molecular weight excluding hydrogens is 305 g/mol. The number of hydrogen-bond donors (Lipinski definition) is 1. The van der Waals surface area contributed by atoms with Crippen LogP contribution in [0.25, 0.3) is 15.7 Å². The molecular formula is C13H7F3N2O2S. The summed E-state index contributed by atoms with van der Waals surface area (Å²) in [6, 6.07) is 7.85. The fourth-order valence-electron chi connectivity index (χ4n) is 1.63. The lowest BCUT2D eigenvalue weighted by Gasteiger charge is -2.07. The second-order valence-electron chi connectivity index (χ2n) is 4.05. The van der Waals surface area contributed by atoms with Gasteiger partial charge in [-0.3, -0.25) is 4.79 Å². The molecule has 0 spiro atoms. The molecule has 0 saturated carbocycles. The van der Waals surface area contributed by atoms with Crippen molar-refractivity contribution >= 4 is 27.0 Å². The summed E-state index contributed by atoms with van der Waals surface area (Å²) >= 11 is 0.869. The Labute approximate surface area is 120 Å². The van der Waals surface area contributed by atoms with Crippen molar-refractivity contribution in [1.82, 2.24) is 4.98 Å². The Bertz CT molecular complexity index is 819. The third-order valence-electron chi connectivity index (χ3n) is 2.51. The zero-order valence-electron chi connectivity index (χ0n) is 10.3. The Morgan fingerprint density at radius 1 is 1.38 bits per heavy atom. The molecule has 21 heavy (non-hydrogen) atoms. The van der Waals surface area contributed by atoms with Gasteiger partial charge in [-0.05, 0) is 12.1 Å². The maximum atomic E-state index is 12.3. The molecule has 0 saturated heterocycles. The highest BCUT2D eigenvalue weighted by Crippen LogP contribution is 2.29. The molecule has 0 bridgehead atoms. The molecule has 0 aliphatic heterocycles. The van der Waals surface area contributed by atoms with Crippen molar-refractivity contribution in [2.45, 2.75) is 12.6 Å². The molecule has 0 unspecified atom stereocenters. The SMILES string of the molecule is N#CC(=C(O)CC(F)(F)F)c1nc(=O)c2ccccc2s1. The zero-order valence-corrected chi connectivity index (χ0v) is 11.1. The van der Waals surface area contributed by atoms with Crippen LogP contribution in [0.5, 0.6) is 0 Å². The number of halogens is 3. The maximum Gasteiger partial charge on any atom is 0.396 e. The van der Waals surface area contributed by atoms with Gasteiger partial charge in [-0.1, -0.05) is 12.1 Å². The predicted octanol–water partition coefficient (Wildman–Crippen LogP) is 3.40. The third-order valence-corrected chi connectivity index (χ3v) is 3.57. The first kappa shape index (κ1) is 15.0. The molecule has 0 aliphatic carbocycles. The van der Waals surface area contributed by atoms with Gasteiger partial charge in [0.05, 0.1) is 5.39 Å². The van der Waals surface area contributed by atoms with Gasteiger partial charge < -0.3 is 5.11 Å². The second kappa shape index (κ2) is 5.54. The predicted molar refractivity (Wildman–Crippen MR) is 71.7 cm³/mol. The summed E-state index contributed by atoms with van der Waals surface area (Å²) in [7, 11) is 0. The lowest BCUT2D eigenvalue weighted by molar-refractivity contribution is -0.132. The van der Waals surface area contributed by atoms with E-state index in [1.54, 1.807) is 18.2 Å². The van der Waals surface area contributed by atoms with Crippen molar-refractivity contribution in [3.8, 4) is 6.07 Å². The molecule has 0 aliphatic rings. The number of aliphatic hydroxyl groups excluding tert-OH is 1. The summed E-state index contributed by atoms with van der Waals surface area (Å²) < 4.78 is 37.3. The number of allylic oxidation sites excluding steroid dienone is 2. The first-order valence-corrected chi connectivity index (χ1v) is 6.42. The fraction of sp³-hybridized carbons (Fsp3) is 0.154. The van der Waals surface area contributed by atoms with E-state index in [1.807, 2.05) is 0 Å². The van der Waals surface area contributed by atoms with E-state index < -0.39 is 29.5 Å². The minimum atomic E-state index is -4.66. The highest BCUT2D eigenvalue weighted by molar-refractivity contribution is 7.19. The Balaban J connectivity index is 2.61. The number of hydrogen-bond acceptors (Lipinski definition) is 5. The van der Waals surface area contributed by atoms with Crippen molar-refractivity contribution < 1.29 is 18.3 Å². The first-order chi connectivity index (χ1) is 9.81. The molecule has 0 radical (unpaired) electrons. The average molecular weight is 312 g/mol. The van der Waals surface area contributed by atoms with Crippen molar-refractivity contribution in [2.75, 3.05) is 0 Å². The molecule has 1 N–H and O–H groups in total. The van der Waals surface area contributed by atoms with Crippen molar-refractivity contribution in [3.05, 3.63) is 45.4 Å². The minimum absolute atomic E-state index is 0.233. The van der Waals surface area contributed by atoms with Crippen LogP contribution in [0.2, 0.25) is 0 Å². The van der Waals surface area contributed by atoms with Crippen molar-refractivity contribution in [1.29, 1.82) is 5.26 Å². The van der Waals surface area contributed by atoms with Crippen LogP contribution in [-0.4, -0.2) is 16.3 Å². The summed E-state index contributed by atoms with van der Waals surface area (Å²) in [5.74, 6) is -1.15. The van der Waals surface area contributed by atoms with E-state index >= 15 is 0 Å². The Hall–Kier alpha value is -2.40. The number of rotatable bonds is 2. The van der Waals surface area contributed by atoms with Gasteiger partial charge in [0.25, 0.3) is 5.56 Å². The number of aromatic nitrogens is 1. The smallest absolute Gasteiger partial charge is 0.396 e. The molecule has 4 nitrogen and oxygen atoms in total. The molecule has 2 aromatic rings. The second-order valence-corrected chi connectivity index (χ2v) is 5.08. The molecule has 1 aromatic heterocycles. The Morgan fingerprint density at radius 3 is 2.67 bits per heavy atom. The maximum absolute atomic E-state index is 12.3. The molecule has 0 fully saturated rings. The van der Waals surface area contributed by atoms with E-state index in [0.717, 1.165) is 11.3 Å². The van der Waals surface area contributed by atoms with E-state index in [0.29, 0.717) is 10.1 Å². The summed E-state index contributed by atoms with van der Waals surface area (Å²) in [6.07, 6.45) is -6.31. The molecule has 0 amide bonds. The lowest BCUT2D eigenvalue weighted by atomic mass is 10.2. The summed E-state index contributed by atoms with van der Waals surface area (Å²) in [5.41, 5.74) is -1.30. The highest BCUT2D eigenvalue weighted by Gasteiger charge is 2.31. The third kappa shape index (κ3) is 3.38. The molecule has 108 valence electrons. The number of aliphatic hydroxyl groups is 1. The van der Waals surface area contributed by atoms with Crippen LogP contribution < -0.4 is 5.56 Å². The summed E-state index contributed by atoms with van der Waals surface area (Å²) in [6.45, 7) is 0. The topological polar surface area (TPSA) is 74.0 Å². The number of benzene rings is 1. The van der Waals surface area contributed by atoms with Gasteiger partial charge in [-0.15, -0.1) is 11.3 Å². The van der Waals surface area contributed by atoms with E-state index in [4.69, 9.17) is 5.26 Å². The highest BCUT2D eigenvalue weighted by atomic mass is 32.1. The Morgan fingerprint density at radius 2 is 2.05 bits per heavy atom. The number of alkyl halides is 3. The zero-order chi connectivity index (χ0) is 15.6. The largest absolute Gasteiger partial charge is 0.510 e. The molecule has 0 atom stereocenters. The van der Waals surface area contributed by atoms with Gasteiger partial charge in [0.1, 0.15) is 28.8 Å². The first-order valence-electron chi connectivity index (χ1n) is 5.61. The van der Waals surface area contributed by atoms with Crippen molar-refractivity contribution in [3.63, 3.8) is 0 Å². The molecule has 2 rings (SSSR count).